The van der Waals surface area contributed by atoms with E-state index in [1.54, 1.807) is 41.4 Å². The van der Waals surface area contributed by atoms with Crippen LogP contribution in [0, 0.1) is 0 Å². The molecule has 0 aliphatic heterocycles. The van der Waals surface area contributed by atoms with E-state index in [1.165, 1.54) is 344 Å². The fourth-order valence-electron chi connectivity index (χ4n) is 21.2. The summed E-state index contributed by atoms with van der Waals surface area (Å²) in [6.07, 6.45) is 52.5. The topological polar surface area (TPSA) is 223 Å². The van der Waals surface area contributed by atoms with Crippen molar-refractivity contribution in [2.24, 2.45) is 0 Å². The molecule has 10 aliphatic rings. The Labute approximate surface area is 703 Å². The minimum absolute atomic E-state index is 0.560. The van der Waals surface area contributed by atoms with Gasteiger partial charge in [0, 0.05) is 84.8 Å². The lowest BCUT2D eigenvalue weighted by Gasteiger charge is -2.36. The van der Waals surface area contributed by atoms with Crippen molar-refractivity contribution < 1.29 is 0 Å². The van der Waals surface area contributed by atoms with Crippen molar-refractivity contribution in [1.82, 2.24) is 75.2 Å². The van der Waals surface area contributed by atoms with E-state index >= 15 is 0 Å². The first-order chi connectivity index (χ1) is 56.5. The predicted molar refractivity (Wildman–Crippen MR) is 487 cm³/mol. The Hall–Kier alpha value is -6.00. The molecular weight excluding hydrogens is 1520 g/mol. The molecular formula is C90H130N20S5. The number of rotatable bonds is 22. The molecule has 10 aromatic heterocycles. The van der Waals surface area contributed by atoms with E-state index in [-0.39, 0.29) is 0 Å². The van der Waals surface area contributed by atoms with Crippen molar-refractivity contribution in [1.29, 1.82) is 0 Å². The molecule has 0 bridgehead atoms. The highest BCUT2D eigenvalue weighted by Gasteiger charge is 2.33. The van der Waals surface area contributed by atoms with Gasteiger partial charge in [0.2, 0.25) is 0 Å². The predicted octanol–water partition coefficient (Wildman–Crippen LogP) is 19.4. The van der Waals surface area contributed by atoms with Crippen LogP contribution in [0.15, 0.2) is 31.6 Å². The quantitative estimate of drug-likeness (QED) is 0.0335. The first kappa shape index (κ1) is 82.7. The van der Waals surface area contributed by atoms with Crippen LogP contribution in [0.1, 0.15) is 261 Å². The minimum atomic E-state index is 0.560. The first-order valence-corrected chi connectivity index (χ1v) is 49.4. The molecule has 10 aromatic rings. The van der Waals surface area contributed by atoms with Gasteiger partial charge in [-0.15, -0.1) is 56.7 Å². The summed E-state index contributed by atoms with van der Waals surface area (Å²) in [6, 6.07) is 6.52. The molecule has 0 spiro atoms. The molecule has 0 radical (unpaired) electrons. The highest BCUT2D eigenvalue weighted by Crippen LogP contribution is 2.46. The Balaban J connectivity index is 0.000000108. The molecule has 25 heteroatoms. The summed E-state index contributed by atoms with van der Waals surface area (Å²) in [5.41, 5.74) is 7.60. The van der Waals surface area contributed by atoms with Crippen LogP contribution in [0.4, 0.5) is 29.1 Å². The fourth-order valence-corrected chi connectivity index (χ4v) is 27.3. The van der Waals surface area contributed by atoms with Gasteiger partial charge in [0.05, 0.1) is 26.9 Å². The molecule has 20 rings (SSSR count). The van der Waals surface area contributed by atoms with Crippen molar-refractivity contribution in [3.8, 4) is 0 Å². The highest BCUT2D eigenvalue weighted by atomic mass is 32.1. The molecule has 0 saturated heterocycles. The van der Waals surface area contributed by atoms with Gasteiger partial charge < -0.3 is 51.9 Å². The first-order valence-electron chi connectivity index (χ1n) is 45.3. The van der Waals surface area contributed by atoms with Crippen LogP contribution in [-0.4, -0.2) is 178 Å². The van der Waals surface area contributed by atoms with E-state index < -0.39 is 0 Å². The molecule has 5 saturated carbocycles. The largest absolute Gasteiger partial charge is 0.367 e. The van der Waals surface area contributed by atoms with Crippen LogP contribution in [0.5, 0.6) is 0 Å². The van der Waals surface area contributed by atoms with Crippen LogP contribution in [0.25, 0.3) is 51.1 Å². The maximum Gasteiger partial charge on any atom is 0.138 e. The number of hydrogen-bond donors (Lipinski definition) is 7. The van der Waals surface area contributed by atoms with Crippen molar-refractivity contribution >= 4 is 137 Å². The Morgan fingerprint density at radius 2 is 0.487 bits per heavy atom. The van der Waals surface area contributed by atoms with E-state index in [0.717, 1.165) is 66.8 Å². The molecule has 5 fully saturated rings. The van der Waals surface area contributed by atoms with Gasteiger partial charge >= 0.3 is 0 Å². The second-order valence-corrected chi connectivity index (χ2v) is 39.7. The number of thiophene rings is 5. The average molecular weight is 1650 g/mol. The van der Waals surface area contributed by atoms with E-state index in [4.69, 9.17) is 0 Å². The Bertz CT molecular complexity index is 4550. The molecule has 20 nitrogen and oxygen atoms in total. The van der Waals surface area contributed by atoms with Gasteiger partial charge in [0.25, 0.3) is 0 Å². The molecule has 10 heterocycles. The third kappa shape index (κ3) is 19.1. The number of anilines is 5. The average Bonchev–Trinajstić information content (AvgIpc) is 1.66. The smallest absolute Gasteiger partial charge is 0.138 e. The van der Waals surface area contributed by atoms with Gasteiger partial charge in [0.15, 0.2) is 0 Å². The van der Waals surface area contributed by atoms with E-state index in [1.807, 2.05) is 56.7 Å². The lowest BCUT2D eigenvalue weighted by Crippen LogP contribution is -2.40. The molecule has 0 unspecified atom stereocenters. The second-order valence-electron chi connectivity index (χ2n) is 34.3. The van der Waals surface area contributed by atoms with Crippen LogP contribution < -0.4 is 37.2 Å². The van der Waals surface area contributed by atoms with Gasteiger partial charge in [-0.2, -0.15) is 0 Å². The SMILES string of the molecule is CCN(C)C1CCC(Nc2ncnc3sc4c(c23)CCC4)CC1.CCN(CC)C1CCC(Nc2ncnc3sc4c(c23)CCC4)CC1.CCN(CC)C1CCC(Nc2ncnc3sc4c(c23)CCC4)CC1.CCNC1CCC(Nc2ncnc3sc4c(c23)CCC4)CC1.CCNC1CCC(Nc2ncnc3sc4c(c23)CCC4)CC1. The lowest BCUT2D eigenvalue weighted by molar-refractivity contribution is 0.167. The monoisotopic (exact) mass is 1650 g/mol. The van der Waals surface area contributed by atoms with Crippen molar-refractivity contribution in [2.75, 3.05) is 79.4 Å². The minimum Gasteiger partial charge on any atom is -0.367 e. The summed E-state index contributed by atoms with van der Waals surface area (Å²) in [6.45, 7) is 23.8. The molecule has 10 aliphatic carbocycles. The Kier molecular flexibility index (Phi) is 28.4. The van der Waals surface area contributed by atoms with Gasteiger partial charge in [-0.05, 0) is 305 Å². The number of fused-ring (bicyclic) bond motifs is 15. The summed E-state index contributed by atoms with van der Waals surface area (Å²) >= 11 is 9.36. The molecule has 0 aromatic carbocycles. The molecule has 115 heavy (non-hydrogen) atoms. The van der Waals surface area contributed by atoms with Gasteiger partial charge in [-0.1, -0.05) is 48.5 Å². The standard InChI is InChI=1S/2C19H28N4S.C18H26N4S.2C17H24N4S/c2*1-3-23(4-2)14-10-8-13(9-11-14)22-18-17-15-6-5-7-16(15)24-19(17)21-12-20-18;1-3-22(2)13-9-7-12(8-10-13)21-17-16-14-5-4-6-15(14)23-18(16)20-11-19-17;2*1-2-18-11-6-8-12(9-7-11)21-16-15-13-4-3-5-14(13)22-17(15)20-10-19-16/h2*12-14H,3-11H2,1-2H3,(H,20,21,22);11-13H,3-10H2,1-2H3,(H,19,20,21);2*10-12,18H,2-9H2,1H3,(H,19,20,21). The summed E-state index contributed by atoms with van der Waals surface area (Å²) < 4.78 is 0. The summed E-state index contributed by atoms with van der Waals surface area (Å²) in [4.78, 5) is 66.8. The van der Waals surface area contributed by atoms with Gasteiger partial charge in [-0.25, -0.2) is 49.8 Å². The van der Waals surface area contributed by atoms with Gasteiger partial charge in [-0.3, -0.25) is 0 Å². The van der Waals surface area contributed by atoms with Crippen molar-refractivity contribution in [3.63, 3.8) is 0 Å². The number of nitrogens with zero attached hydrogens (tertiary/aromatic N) is 13. The Morgan fingerprint density at radius 3 is 0.704 bits per heavy atom. The van der Waals surface area contributed by atoms with Crippen molar-refractivity contribution in [3.05, 3.63) is 83.8 Å². The van der Waals surface area contributed by atoms with E-state index in [2.05, 4.69) is 157 Å². The van der Waals surface area contributed by atoms with Crippen LogP contribution in [0.2, 0.25) is 0 Å². The lowest BCUT2D eigenvalue weighted by atomic mass is 9.90. The summed E-state index contributed by atoms with van der Waals surface area (Å²) in [5.74, 6) is 5.42. The van der Waals surface area contributed by atoms with Gasteiger partial charge in [0.1, 0.15) is 84.9 Å². The van der Waals surface area contributed by atoms with Crippen LogP contribution >= 0.6 is 56.7 Å². The van der Waals surface area contributed by atoms with Crippen molar-refractivity contribution in [2.45, 2.75) is 334 Å². The van der Waals surface area contributed by atoms with Crippen LogP contribution in [-0.2, 0) is 64.2 Å². The van der Waals surface area contributed by atoms with E-state index in [9.17, 15) is 0 Å². The third-order valence-electron chi connectivity index (χ3n) is 27.5. The maximum absolute atomic E-state index is 4.61. The third-order valence-corrected chi connectivity index (χ3v) is 33.5. The summed E-state index contributed by atoms with van der Waals surface area (Å²) in [5, 5.41) is 32.5. The molecule has 0 atom stereocenters. The normalized spacial score (nSPS) is 24.2. The maximum atomic E-state index is 4.61. The number of nitrogens with one attached hydrogen (secondary N) is 7. The number of hydrogen-bond acceptors (Lipinski definition) is 25. The fraction of sp³-hybridized carbons (Fsp3) is 0.667. The highest BCUT2D eigenvalue weighted by molar-refractivity contribution is 7.20. The summed E-state index contributed by atoms with van der Waals surface area (Å²) in [7, 11) is 2.25. The number of aromatic nitrogens is 10. The molecule has 620 valence electrons. The molecule has 0 amide bonds. The molecule has 7 N–H and O–H groups in total. The number of aryl methyl sites for hydroxylation is 10. The zero-order valence-corrected chi connectivity index (χ0v) is 74.3. The zero-order chi connectivity index (χ0) is 78.7. The Morgan fingerprint density at radius 1 is 0.270 bits per heavy atom. The van der Waals surface area contributed by atoms with Crippen LogP contribution in [0.3, 0.4) is 0 Å². The second kappa shape index (κ2) is 39.5. The zero-order valence-electron chi connectivity index (χ0n) is 70.2. The van der Waals surface area contributed by atoms with E-state index in [0.29, 0.717) is 42.3 Å².